The Bertz CT molecular complexity index is 506. The molecule has 0 atom stereocenters. The molecule has 0 aromatic heterocycles. The standard InChI is InChI=1S/C10H10Cl3NO2S/c11-6-1-7(12)5-10(4-6)17(15,16)14-9-2-8(13)3-9/h1,4-5,8-9,14H,2-3H2. The zero-order valence-corrected chi connectivity index (χ0v) is 11.7. The van der Waals surface area contributed by atoms with Crippen molar-refractivity contribution < 1.29 is 8.42 Å². The third kappa shape index (κ3) is 3.26. The molecule has 1 aromatic rings. The van der Waals surface area contributed by atoms with E-state index in [1.165, 1.54) is 18.2 Å². The predicted octanol–water partition coefficient (Wildman–Crippen LogP) is 3.04. The van der Waals surface area contributed by atoms with Gasteiger partial charge in [-0.25, -0.2) is 13.1 Å². The molecule has 1 aliphatic carbocycles. The van der Waals surface area contributed by atoms with Crippen LogP contribution in [0.15, 0.2) is 23.1 Å². The molecule has 0 amide bonds. The van der Waals surface area contributed by atoms with E-state index in [2.05, 4.69) is 4.72 Å². The molecule has 0 saturated heterocycles. The number of sulfonamides is 1. The highest BCUT2D eigenvalue weighted by Crippen LogP contribution is 2.28. The molecule has 1 aliphatic rings. The van der Waals surface area contributed by atoms with Crippen LogP contribution in [-0.2, 0) is 10.0 Å². The first kappa shape index (κ1) is 13.4. The highest BCUT2D eigenvalue weighted by molar-refractivity contribution is 7.89. The van der Waals surface area contributed by atoms with Crippen molar-refractivity contribution in [1.82, 2.24) is 4.72 Å². The van der Waals surface area contributed by atoms with Crippen molar-refractivity contribution in [3.63, 3.8) is 0 Å². The van der Waals surface area contributed by atoms with Crippen LogP contribution in [0.5, 0.6) is 0 Å². The topological polar surface area (TPSA) is 46.2 Å². The van der Waals surface area contributed by atoms with Gasteiger partial charge in [-0.1, -0.05) is 23.2 Å². The Morgan fingerprint density at radius 2 is 1.65 bits per heavy atom. The Hall–Kier alpha value is -0.000000000000000139. The van der Waals surface area contributed by atoms with Crippen LogP contribution in [-0.4, -0.2) is 19.8 Å². The van der Waals surface area contributed by atoms with Gasteiger partial charge < -0.3 is 0 Å². The zero-order chi connectivity index (χ0) is 12.6. The molecule has 3 nitrogen and oxygen atoms in total. The first-order valence-electron chi connectivity index (χ1n) is 4.99. The van der Waals surface area contributed by atoms with Crippen LogP contribution in [0.25, 0.3) is 0 Å². The van der Waals surface area contributed by atoms with Crippen molar-refractivity contribution >= 4 is 44.8 Å². The molecular weight excluding hydrogens is 305 g/mol. The Morgan fingerprint density at radius 3 is 2.12 bits per heavy atom. The van der Waals surface area contributed by atoms with E-state index in [4.69, 9.17) is 34.8 Å². The average molecular weight is 315 g/mol. The highest BCUT2D eigenvalue weighted by Gasteiger charge is 2.31. The summed E-state index contributed by atoms with van der Waals surface area (Å²) in [6.07, 6.45) is 1.30. The molecule has 0 spiro atoms. The van der Waals surface area contributed by atoms with E-state index in [0.717, 1.165) is 0 Å². The maximum atomic E-state index is 12.0. The Morgan fingerprint density at radius 1 is 1.12 bits per heavy atom. The molecule has 2 rings (SSSR count). The maximum absolute atomic E-state index is 12.0. The van der Waals surface area contributed by atoms with Gasteiger partial charge in [-0.2, -0.15) is 0 Å². The second-order valence-electron chi connectivity index (χ2n) is 3.99. The number of hydrogen-bond acceptors (Lipinski definition) is 2. The Kier molecular flexibility index (Phi) is 3.90. The summed E-state index contributed by atoms with van der Waals surface area (Å²) in [5.41, 5.74) is 0. The third-order valence-corrected chi connectivity index (χ3v) is 4.84. The van der Waals surface area contributed by atoms with E-state index in [1.807, 2.05) is 0 Å². The fourth-order valence-electron chi connectivity index (χ4n) is 1.62. The second-order valence-corrected chi connectivity index (χ2v) is 7.20. The third-order valence-electron chi connectivity index (χ3n) is 2.55. The lowest BCUT2D eigenvalue weighted by molar-refractivity contribution is 0.391. The summed E-state index contributed by atoms with van der Waals surface area (Å²) >= 11 is 17.3. The first-order valence-corrected chi connectivity index (χ1v) is 7.67. The fraction of sp³-hybridized carbons (Fsp3) is 0.400. The summed E-state index contributed by atoms with van der Waals surface area (Å²) in [4.78, 5) is 0.0769. The number of hydrogen-bond donors (Lipinski definition) is 1. The van der Waals surface area contributed by atoms with Gasteiger partial charge in [0.25, 0.3) is 0 Å². The zero-order valence-electron chi connectivity index (χ0n) is 8.66. The van der Waals surface area contributed by atoms with Crippen molar-refractivity contribution in [3.05, 3.63) is 28.2 Å². The van der Waals surface area contributed by atoms with Gasteiger partial charge in [0.15, 0.2) is 0 Å². The minimum atomic E-state index is -3.57. The number of benzene rings is 1. The van der Waals surface area contributed by atoms with Crippen LogP contribution < -0.4 is 4.72 Å². The summed E-state index contributed by atoms with van der Waals surface area (Å²) in [6, 6.07) is 4.12. The van der Waals surface area contributed by atoms with Crippen LogP contribution in [0.2, 0.25) is 10.0 Å². The fourth-order valence-corrected chi connectivity index (χ4v) is 4.03. The molecular formula is C10H10Cl3NO2S. The minimum Gasteiger partial charge on any atom is -0.208 e. The summed E-state index contributed by atoms with van der Waals surface area (Å²) in [5.74, 6) is 0. The molecule has 94 valence electrons. The van der Waals surface area contributed by atoms with E-state index >= 15 is 0 Å². The summed E-state index contributed by atoms with van der Waals surface area (Å²) in [6.45, 7) is 0. The normalized spacial score (nSPS) is 24.4. The molecule has 0 aliphatic heterocycles. The van der Waals surface area contributed by atoms with Crippen LogP contribution in [0.3, 0.4) is 0 Å². The van der Waals surface area contributed by atoms with Crippen LogP contribution in [0, 0.1) is 0 Å². The quantitative estimate of drug-likeness (QED) is 0.872. The lowest BCUT2D eigenvalue weighted by atomic mass is 9.94. The van der Waals surface area contributed by atoms with Gasteiger partial charge in [0.1, 0.15) is 0 Å². The van der Waals surface area contributed by atoms with E-state index in [1.54, 1.807) is 0 Å². The van der Waals surface area contributed by atoms with Crippen molar-refractivity contribution in [1.29, 1.82) is 0 Å². The van der Waals surface area contributed by atoms with Crippen LogP contribution >= 0.6 is 34.8 Å². The van der Waals surface area contributed by atoms with Crippen molar-refractivity contribution in [3.8, 4) is 0 Å². The molecule has 1 saturated carbocycles. The largest absolute Gasteiger partial charge is 0.240 e. The molecule has 0 unspecified atom stereocenters. The molecule has 17 heavy (non-hydrogen) atoms. The monoisotopic (exact) mass is 313 g/mol. The molecule has 0 heterocycles. The predicted molar refractivity (Wildman–Crippen MR) is 69.4 cm³/mol. The van der Waals surface area contributed by atoms with Gasteiger partial charge in [0, 0.05) is 21.5 Å². The van der Waals surface area contributed by atoms with Gasteiger partial charge in [0.2, 0.25) is 10.0 Å². The molecule has 0 bridgehead atoms. The van der Waals surface area contributed by atoms with Crippen LogP contribution in [0.1, 0.15) is 12.8 Å². The number of nitrogens with one attached hydrogen (secondary N) is 1. The maximum Gasteiger partial charge on any atom is 0.240 e. The summed E-state index contributed by atoms with van der Waals surface area (Å²) < 4.78 is 26.5. The number of rotatable bonds is 3. The average Bonchev–Trinajstić information content (AvgIpc) is 2.13. The van der Waals surface area contributed by atoms with Crippen LogP contribution in [0.4, 0.5) is 0 Å². The number of halogens is 3. The first-order chi connectivity index (χ1) is 7.87. The van der Waals surface area contributed by atoms with E-state index in [0.29, 0.717) is 22.9 Å². The van der Waals surface area contributed by atoms with E-state index in [9.17, 15) is 8.42 Å². The smallest absolute Gasteiger partial charge is 0.208 e. The minimum absolute atomic E-state index is 0.0608. The molecule has 0 radical (unpaired) electrons. The molecule has 1 aromatic carbocycles. The van der Waals surface area contributed by atoms with Gasteiger partial charge >= 0.3 is 0 Å². The van der Waals surface area contributed by atoms with Gasteiger partial charge in [-0.3, -0.25) is 0 Å². The molecule has 7 heteroatoms. The molecule has 1 N–H and O–H groups in total. The van der Waals surface area contributed by atoms with Crippen molar-refractivity contribution in [2.24, 2.45) is 0 Å². The van der Waals surface area contributed by atoms with Gasteiger partial charge in [0.05, 0.1) is 4.90 Å². The van der Waals surface area contributed by atoms with E-state index in [-0.39, 0.29) is 16.3 Å². The van der Waals surface area contributed by atoms with Gasteiger partial charge in [-0.05, 0) is 31.0 Å². The Balaban J connectivity index is 2.19. The summed E-state index contributed by atoms with van der Waals surface area (Å²) in [7, 11) is -3.57. The summed E-state index contributed by atoms with van der Waals surface area (Å²) in [5, 5.41) is 0.647. The SMILES string of the molecule is O=S(=O)(NC1CC(Cl)C1)c1cc(Cl)cc(Cl)c1. The van der Waals surface area contributed by atoms with Gasteiger partial charge in [-0.15, -0.1) is 11.6 Å². The van der Waals surface area contributed by atoms with E-state index < -0.39 is 10.0 Å². The van der Waals surface area contributed by atoms with Crippen molar-refractivity contribution in [2.45, 2.75) is 29.2 Å². The Labute approximate surface area is 115 Å². The highest BCUT2D eigenvalue weighted by atomic mass is 35.5. The van der Waals surface area contributed by atoms with Crippen molar-refractivity contribution in [2.75, 3.05) is 0 Å². The lowest BCUT2D eigenvalue weighted by Gasteiger charge is -2.31. The number of alkyl halides is 1. The second kappa shape index (κ2) is 4.94. The lowest BCUT2D eigenvalue weighted by Crippen LogP contribution is -2.44. The molecule has 1 fully saturated rings.